The molecular formula is C33H22N4O2. The average Bonchev–Trinajstić information content (AvgIpc) is 3.44. The van der Waals surface area contributed by atoms with Crippen molar-refractivity contribution in [3.05, 3.63) is 126 Å². The minimum absolute atomic E-state index is 0.165. The van der Waals surface area contributed by atoms with E-state index in [1.54, 1.807) is 18.0 Å². The quantitative estimate of drug-likeness (QED) is 0.250. The van der Waals surface area contributed by atoms with E-state index in [0.29, 0.717) is 11.7 Å². The van der Waals surface area contributed by atoms with Gasteiger partial charge in [-0.05, 0) is 45.3 Å². The lowest BCUT2D eigenvalue weighted by molar-refractivity contribution is 0.414. The van der Waals surface area contributed by atoms with Gasteiger partial charge in [-0.15, -0.1) is 5.10 Å². The normalized spacial score (nSPS) is 14.2. The van der Waals surface area contributed by atoms with Crippen LogP contribution in [0.1, 0.15) is 22.6 Å². The molecule has 3 heterocycles. The van der Waals surface area contributed by atoms with Crippen LogP contribution in [0.4, 0.5) is 0 Å². The van der Waals surface area contributed by atoms with Gasteiger partial charge < -0.3 is 9.47 Å². The molecule has 0 N–H and O–H groups in total. The predicted octanol–water partition coefficient (Wildman–Crippen LogP) is 7.39. The van der Waals surface area contributed by atoms with Gasteiger partial charge in [0.2, 0.25) is 5.88 Å². The summed E-state index contributed by atoms with van der Waals surface area (Å²) in [5, 5.41) is 9.43. The van der Waals surface area contributed by atoms with Gasteiger partial charge in [-0.2, -0.15) is 0 Å². The van der Waals surface area contributed by atoms with Gasteiger partial charge in [-0.25, -0.2) is 14.5 Å². The fourth-order valence-electron chi connectivity index (χ4n) is 5.77. The summed E-state index contributed by atoms with van der Waals surface area (Å²) < 4.78 is 13.7. The molecule has 5 aromatic carbocycles. The molecule has 0 spiro atoms. The molecule has 1 aliphatic heterocycles. The van der Waals surface area contributed by atoms with E-state index in [1.165, 1.54) is 0 Å². The lowest BCUT2D eigenvalue weighted by Gasteiger charge is -2.29. The molecule has 8 rings (SSSR count). The number of aromatic nitrogens is 4. The van der Waals surface area contributed by atoms with Crippen molar-refractivity contribution in [3.8, 4) is 28.8 Å². The lowest BCUT2D eigenvalue weighted by Crippen LogP contribution is -2.15. The van der Waals surface area contributed by atoms with Gasteiger partial charge in [0.05, 0.1) is 12.7 Å². The smallest absolute Gasteiger partial charge is 0.228 e. The second-order valence-corrected chi connectivity index (χ2v) is 9.70. The van der Waals surface area contributed by atoms with Gasteiger partial charge in [-0.3, -0.25) is 0 Å². The summed E-state index contributed by atoms with van der Waals surface area (Å²) >= 11 is 0. The molecule has 7 aromatic rings. The minimum Gasteiger partial charge on any atom is -0.497 e. The first-order valence-corrected chi connectivity index (χ1v) is 12.9. The van der Waals surface area contributed by atoms with E-state index in [2.05, 4.69) is 66.7 Å². The van der Waals surface area contributed by atoms with Crippen LogP contribution in [-0.4, -0.2) is 26.7 Å². The van der Waals surface area contributed by atoms with Crippen LogP contribution in [-0.2, 0) is 0 Å². The summed E-state index contributed by atoms with van der Waals surface area (Å²) in [5.41, 5.74) is 4.79. The van der Waals surface area contributed by atoms with Gasteiger partial charge in [0, 0.05) is 17.0 Å². The van der Waals surface area contributed by atoms with Crippen molar-refractivity contribution in [2.45, 2.75) is 5.92 Å². The topological polar surface area (TPSA) is 61.5 Å². The molecule has 0 saturated carbocycles. The molecule has 0 aliphatic carbocycles. The van der Waals surface area contributed by atoms with Gasteiger partial charge >= 0.3 is 0 Å². The third-order valence-corrected chi connectivity index (χ3v) is 7.58. The van der Waals surface area contributed by atoms with Crippen LogP contribution in [0.5, 0.6) is 17.4 Å². The summed E-state index contributed by atoms with van der Waals surface area (Å²) in [6.45, 7) is 0. The Bertz CT molecular complexity index is 2040. The second-order valence-electron chi connectivity index (χ2n) is 9.70. The number of rotatable bonds is 3. The fraction of sp³-hybridized carbons (Fsp3) is 0.0606. The summed E-state index contributed by atoms with van der Waals surface area (Å²) in [4.78, 5) is 9.83. The Morgan fingerprint density at radius 3 is 2.31 bits per heavy atom. The number of ether oxygens (including phenoxy) is 2. The first kappa shape index (κ1) is 21.8. The fourth-order valence-corrected chi connectivity index (χ4v) is 5.77. The van der Waals surface area contributed by atoms with Crippen molar-refractivity contribution in [1.29, 1.82) is 0 Å². The molecule has 0 fully saturated rings. The molecule has 1 atom stereocenters. The van der Waals surface area contributed by atoms with Crippen LogP contribution in [0.25, 0.3) is 38.6 Å². The zero-order valence-electron chi connectivity index (χ0n) is 21.1. The summed E-state index contributed by atoms with van der Waals surface area (Å²) in [7, 11) is 1.68. The Morgan fingerprint density at radius 1 is 0.744 bits per heavy atom. The van der Waals surface area contributed by atoms with Crippen molar-refractivity contribution in [3.63, 3.8) is 0 Å². The highest BCUT2D eigenvalue weighted by atomic mass is 16.5. The zero-order chi connectivity index (χ0) is 25.9. The van der Waals surface area contributed by atoms with Crippen molar-refractivity contribution in [2.75, 3.05) is 7.11 Å². The maximum Gasteiger partial charge on any atom is 0.228 e. The third kappa shape index (κ3) is 3.31. The van der Waals surface area contributed by atoms with E-state index in [9.17, 15) is 0 Å². The van der Waals surface area contributed by atoms with E-state index in [1.807, 2.05) is 36.4 Å². The van der Waals surface area contributed by atoms with E-state index in [0.717, 1.165) is 60.9 Å². The summed E-state index contributed by atoms with van der Waals surface area (Å²) in [6, 6.07) is 35.3. The lowest BCUT2D eigenvalue weighted by atomic mass is 9.81. The third-order valence-electron chi connectivity index (χ3n) is 7.58. The Balaban J connectivity index is 1.42. The Hall–Kier alpha value is -5.23. The minimum atomic E-state index is -0.165. The van der Waals surface area contributed by atoms with Crippen LogP contribution >= 0.6 is 0 Å². The van der Waals surface area contributed by atoms with Crippen LogP contribution in [0.3, 0.4) is 0 Å². The van der Waals surface area contributed by atoms with Crippen LogP contribution in [0.2, 0.25) is 0 Å². The highest BCUT2D eigenvalue weighted by Crippen LogP contribution is 2.50. The monoisotopic (exact) mass is 506 g/mol. The largest absolute Gasteiger partial charge is 0.497 e. The molecule has 39 heavy (non-hydrogen) atoms. The van der Waals surface area contributed by atoms with E-state index < -0.39 is 0 Å². The number of benzene rings is 5. The number of nitrogens with zero attached hydrogens (tertiary/aromatic N) is 4. The molecule has 2 aromatic heterocycles. The van der Waals surface area contributed by atoms with Crippen molar-refractivity contribution in [1.82, 2.24) is 19.6 Å². The van der Waals surface area contributed by atoms with Crippen molar-refractivity contribution in [2.24, 2.45) is 0 Å². The Kier molecular flexibility index (Phi) is 4.70. The molecule has 1 aliphatic rings. The van der Waals surface area contributed by atoms with Crippen LogP contribution < -0.4 is 9.47 Å². The Labute approximate surface area is 224 Å². The molecule has 0 saturated heterocycles. The summed E-state index contributed by atoms with van der Waals surface area (Å²) in [5.74, 6) is 2.64. The molecule has 0 bridgehead atoms. The van der Waals surface area contributed by atoms with Crippen molar-refractivity contribution < 1.29 is 9.47 Å². The number of fused-ring (bicyclic) bond motifs is 7. The van der Waals surface area contributed by atoms with E-state index >= 15 is 0 Å². The molecule has 6 nitrogen and oxygen atoms in total. The number of hydrogen-bond acceptors (Lipinski definition) is 5. The maximum atomic E-state index is 6.46. The second kappa shape index (κ2) is 8.39. The van der Waals surface area contributed by atoms with Gasteiger partial charge in [-0.1, -0.05) is 84.9 Å². The SMILES string of the molecule is COc1ccc([C@@H]2c3c(ccc4ccccc34)Oc3ncn4nc(-c5cccc6ccccc56)nc4c32)cc1. The number of hydrogen-bond donors (Lipinski definition) is 0. The van der Waals surface area contributed by atoms with E-state index in [4.69, 9.17) is 24.5 Å². The number of methoxy groups -OCH3 is 1. The molecule has 0 unspecified atom stereocenters. The van der Waals surface area contributed by atoms with Crippen molar-refractivity contribution >= 4 is 27.2 Å². The molecular weight excluding hydrogens is 484 g/mol. The first-order valence-electron chi connectivity index (χ1n) is 12.9. The maximum absolute atomic E-state index is 6.46. The van der Waals surface area contributed by atoms with E-state index in [-0.39, 0.29) is 5.92 Å². The molecule has 186 valence electrons. The summed E-state index contributed by atoms with van der Waals surface area (Å²) in [6.07, 6.45) is 1.69. The van der Waals surface area contributed by atoms with Gasteiger partial charge in [0.1, 0.15) is 17.8 Å². The molecule has 6 heteroatoms. The van der Waals surface area contributed by atoms with Crippen LogP contribution in [0, 0.1) is 0 Å². The highest BCUT2D eigenvalue weighted by Gasteiger charge is 2.34. The standard InChI is InChI=1S/C33H22N4O2/c1-38-23-16-13-22(14-17-23)28-29-25-11-5-3-8-21(25)15-18-27(29)39-33-30(28)32-35-31(36-37(32)19-34-33)26-12-6-9-20-7-2-4-10-24(20)26/h2-19,28H,1H3/t28-/m1/s1. The van der Waals surface area contributed by atoms with Crippen LogP contribution in [0.15, 0.2) is 109 Å². The highest BCUT2D eigenvalue weighted by molar-refractivity contribution is 5.95. The van der Waals surface area contributed by atoms with Gasteiger partial charge in [0.15, 0.2) is 11.5 Å². The predicted molar refractivity (Wildman–Crippen MR) is 152 cm³/mol. The zero-order valence-corrected chi connectivity index (χ0v) is 21.1. The average molecular weight is 507 g/mol. The molecule has 0 amide bonds. The Morgan fingerprint density at radius 2 is 1.49 bits per heavy atom. The first-order chi connectivity index (χ1) is 19.3. The van der Waals surface area contributed by atoms with Gasteiger partial charge in [0.25, 0.3) is 0 Å². The molecule has 0 radical (unpaired) electrons.